The van der Waals surface area contributed by atoms with Crippen molar-refractivity contribution >= 4 is 20.2 Å². The van der Waals surface area contributed by atoms with Crippen LogP contribution in [0.1, 0.15) is 61.0 Å². The highest BCUT2D eigenvalue weighted by Gasteiger charge is 2.37. The van der Waals surface area contributed by atoms with E-state index in [1.54, 1.807) is 12.1 Å². The van der Waals surface area contributed by atoms with Gasteiger partial charge in [-0.1, -0.05) is 63.2 Å². The molecule has 0 aliphatic carbocycles. The molecule has 0 saturated carbocycles. The summed E-state index contributed by atoms with van der Waals surface area (Å²) in [5, 5.41) is 0.171. The van der Waals surface area contributed by atoms with Crippen molar-refractivity contribution in [2.75, 3.05) is 19.7 Å². The van der Waals surface area contributed by atoms with Gasteiger partial charge in [0.05, 0.1) is 12.2 Å². The van der Waals surface area contributed by atoms with Crippen molar-refractivity contribution < 1.29 is 18.8 Å². The zero-order valence-electron chi connectivity index (χ0n) is 20.6. The Bertz CT molecular complexity index is 935. The fraction of sp³-hybridized carbons (Fsp3) is 0.481. The van der Waals surface area contributed by atoms with Crippen molar-refractivity contribution in [2.24, 2.45) is 0 Å². The average Bonchev–Trinajstić information content (AvgIpc) is 2.78. The predicted octanol–water partition coefficient (Wildman–Crippen LogP) is 5.77. The highest BCUT2D eigenvalue weighted by Crippen LogP contribution is 2.36. The van der Waals surface area contributed by atoms with Gasteiger partial charge in [-0.05, 0) is 53.7 Å². The van der Waals surface area contributed by atoms with Gasteiger partial charge in [-0.3, -0.25) is 4.79 Å². The number of carbonyl (C=O) groups excluding carboxylic acids is 2. The van der Waals surface area contributed by atoms with Crippen LogP contribution >= 0.6 is 0 Å². The molecule has 1 aliphatic heterocycles. The first-order valence-electron chi connectivity index (χ1n) is 11.8. The molecule has 2 aromatic rings. The summed E-state index contributed by atoms with van der Waals surface area (Å²) in [6, 6.07) is 17.1. The summed E-state index contributed by atoms with van der Waals surface area (Å²) in [6.45, 7) is 13.4. The fourth-order valence-corrected chi connectivity index (χ4v) is 4.76. The quantitative estimate of drug-likeness (QED) is 0.365. The van der Waals surface area contributed by atoms with Crippen LogP contribution in [0.3, 0.4) is 0 Å². The van der Waals surface area contributed by atoms with E-state index < -0.39 is 8.32 Å². The van der Waals surface area contributed by atoms with Crippen molar-refractivity contribution in [1.29, 1.82) is 0 Å². The lowest BCUT2D eigenvalue weighted by Crippen LogP contribution is -2.45. The van der Waals surface area contributed by atoms with Crippen molar-refractivity contribution in [2.45, 2.75) is 64.3 Å². The molecule has 1 aliphatic rings. The molecule has 1 fully saturated rings. The number of piperidine rings is 1. The first kappa shape index (κ1) is 25.2. The summed E-state index contributed by atoms with van der Waals surface area (Å²) in [5.74, 6) is 0.0268. The van der Waals surface area contributed by atoms with E-state index in [9.17, 15) is 9.59 Å². The third-order valence-corrected chi connectivity index (χ3v) is 11.5. The van der Waals surface area contributed by atoms with E-state index in [4.69, 9.17) is 9.16 Å². The number of ether oxygens (including phenoxy) is 1. The normalized spacial score (nSPS) is 17.2. The molecular weight excluding hydrogens is 430 g/mol. The first-order chi connectivity index (χ1) is 15.6. The van der Waals surface area contributed by atoms with E-state index in [0.717, 1.165) is 24.1 Å². The van der Waals surface area contributed by atoms with Crippen molar-refractivity contribution in [1.82, 2.24) is 4.90 Å². The number of benzene rings is 2. The van der Waals surface area contributed by atoms with E-state index in [2.05, 4.69) is 33.9 Å². The van der Waals surface area contributed by atoms with Crippen molar-refractivity contribution in [3.63, 3.8) is 0 Å². The number of nitrogens with zero attached hydrogens (tertiary/aromatic N) is 1. The van der Waals surface area contributed by atoms with Crippen LogP contribution in [-0.2, 0) is 20.6 Å². The van der Waals surface area contributed by atoms with Gasteiger partial charge in [0.25, 0.3) is 0 Å². The molecule has 33 heavy (non-hydrogen) atoms. The van der Waals surface area contributed by atoms with E-state index in [1.807, 2.05) is 47.4 Å². The Hall–Kier alpha value is -2.44. The Kier molecular flexibility index (Phi) is 8.13. The molecule has 1 saturated heterocycles. The second-order valence-electron chi connectivity index (χ2n) is 10.4. The standard InChI is InChI=1S/C27H37NO4Si/c1-27(2,3)33(4,5)32-18-17-28-16-15-24(19-25(28)29)22-11-13-23(14-12-22)26(30)31-20-21-9-7-6-8-10-21/h6-14,24H,15-20H2,1-5H3. The van der Waals surface area contributed by atoms with Gasteiger partial charge in [0, 0.05) is 19.5 Å². The van der Waals surface area contributed by atoms with Crippen LogP contribution in [0.5, 0.6) is 0 Å². The molecule has 178 valence electrons. The lowest BCUT2D eigenvalue weighted by Gasteiger charge is -2.37. The summed E-state index contributed by atoms with van der Waals surface area (Å²) in [5.41, 5.74) is 2.59. The summed E-state index contributed by atoms with van der Waals surface area (Å²) in [7, 11) is -1.79. The summed E-state index contributed by atoms with van der Waals surface area (Å²) in [4.78, 5) is 27.0. The van der Waals surface area contributed by atoms with Gasteiger partial charge >= 0.3 is 5.97 Å². The lowest BCUT2D eigenvalue weighted by atomic mass is 9.88. The molecule has 0 bridgehead atoms. The van der Waals surface area contributed by atoms with Crippen LogP contribution in [0.15, 0.2) is 54.6 Å². The van der Waals surface area contributed by atoms with Gasteiger partial charge in [0.2, 0.25) is 5.91 Å². The minimum absolute atomic E-state index is 0.171. The Balaban J connectivity index is 1.47. The Morgan fingerprint density at radius 2 is 1.73 bits per heavy atom. The second-order valence-corrected chi connectivity index (χ2v) is 15.2. The number of rotatable bonds is 8. The molecule has 3 rings (SSSR count). The monoisotopic (exact) mass is 467 g/mol. The van der Waals surface area contributed by atoms with Crippen LogP contribution in [0.4, 0.5) is 0 Å². The first-order valence-corrected chi connectivity index (χ1v) is 14.7. The van der Waals surface area contributed by atoms with Crippen LogP contribution in [0, 0.1) is 0 Å². The van der Waals surface area contributed by atoms with Crippen LogP contribution in [0.2, 0.25) is 18.1 Å². The zero-order valence-corrected chi connectivity index (χ0v) is 21.6. The van der Waals surface area contributed by atoms with Crippen LogP contribution < -0.4 is 0 Å². The molecule has 1 unspecified atom stereocenters. The van der Waals surface area contributed by atoms with Gasteiger partial charge in [0.15, 0.2) is 8.32 Å². The van der Waals surface area contributed by atoms with E-state index in [0.29, 0.717) is 25.1 Å². The molecule has 1 amide bonds. The fourth-order valence-electron chi connectivity index (χ4n) is 3.72. The highest BCUT2D eigenvalue weighted by atomic mass is 28.4. The predicted molar refractivity (Wildman–Crippen MR) is 134 cm³/mol. The van der Waals surface area contributed by atoms with E-state index in [1.165, 1.54) is 0 Å². The molecule has 1 atom stereocenters. The number of amides is 1. The Morgan fingerprint density at radius 3 is 2.33 bits per heavy atom. The molecule has 0 N–H and O–H groups in total. The van der Waals surface area contributed by atoms with Crippen LogP contribution in [-0.4, -0.2) is 44.8 Å². The molecule has 0 spiro atoms. The number of hydrogen-bond acceptors (Lipinski definition) is 4. The third-order valence-electron chi connectivity index (χ3n) is 6.98. The molecule has 2 aromatic carbocycles. The molecule has 5 nitrogen and oxygen atoms in total. The minimum atomic E-state index is -1.79. The largest absolute Gasteiger partial charge is 0.457 e. The molecule has 1 heterocycles. The second kappa shape index (κ2) is 10.7. The maximum atomic E-state index is 12.7. The molecule has 0 radical (unpaired) electrons. The van der Waals surface area contributed by atoms with Gasteiger partial charge in [0.1, 0.15) is 6.61 Å². The minimum Gasteiger partial charge on any atom is -0.457 e. The van der Waals surface area contributed by atoms with E-state index >= 15 is 0 Å². The molecule has 0 aromatic heterocycles. The number of carbonyl (C=O) groups is 2. The topological polar surface area (TPSA) is 55.8 Å². The number of likely N-dealkylation sites (tertiary alicyclic amines) is 1. The maximum Gasteiger partial charge on any atom is 0.338 e. The van der Waals surface area contributed by atoms with Crippen molar-refractivity contribution in [3.05, 3.63) is 71.3 Å². The number of esters is 1. The average molecular weight is 468 g/mol. The highest BCUT2D eigenvalue weighted by molar-refractivity contribution is 6.74. The maximum absolute atomic E-state index is 12.7. The Labute approximate surface area is 199 Å². The third kappa shape index (κ3) is 6.78. The smallest absolute Gasteiger partial charge is 0.338 e. The SMILES string of the molecule is CC(C)(C)[Si](C)(C)OCCN1CCC(c2ccc(C(=O)OCc3ccccc3)cc2)CC1=O. The lowest BCUT2D eigenvalue weighted by molar-refractivity contribution is -0.134. The Morgan fingerprint density at radius 1 is 1.06 bits per heavy atom. The number of hydrogen-bond donors (Lipinski definition) is 0. The van der Waals surface area contributed by atoms with Gasteiger partial charge in [-0.2, -0.15) is 0 Å². The molecular formula is C27H37NO4Si. The van der Waals surface area contributed by atoms with Gasteiger partial charge in [-0.25, -0.2) is 4.79 Å². The van der Waals surface area contributed by atoms with E-state index in [-0.39, 0.29) is 29.4 Å². The molecule has 6 heteroatoms. The zero-order chi connectivity index (χ0) is 24.1. The van der Waals surface area contributed by atoms with Crippen molar-refractivity contribution in [3.8, 4) is 0 Å². The summed E-state index contributed by atoms with van der Waals surface area (Å²) in [6.07, 6.45) is 1.42. The van der Waals surface area contributed by atoms with Crippen LogP contribution in [0.25, 0.3) is 0 Å². The van der Waals surface area contributed by atoms with Gasteiger partial charge in [-0.15, -0.1) is 0 Å². The summed E-state index contributed by atoms with van der Waals surface area (Å²) >= 11 is 0. The van der Waals surface area contributed by atoms with Gasteiger partial charge < -0.3 is 14.1 Å². The summed E-state index contributed by atoms with van der Waals surface area (Å²) < 4.78 is 11.6.